The Morgan fingerprint density at radius 2 is 0.854 bits per heavy atom. The molecule has 0 saturated carbocycles. The molecule has 7 nitrogen and oxygen atoms in total. The zero-order valence-electron chi connectivity index (χ0n) is 79.2. The predicted molar refractivity (Wildman–Crippen MR) is 588 cm³/mol. The molecule has 0 bridgehead atoms. The van der Waals surface area contributed by atoms with Crippen LogP contribution in [-0.2, 0) is 14.9 Å². The first kappa shape index (κ1) is 115. The fourth-order valence-electron chi connectivity index (χ4n) is 10.7. The Bertz CT molecular complexity index is 6540. The zero-order chi connectivity index (χ0) is 101. The van der Waals surface area contributed by atoms with E-state index in [0.717, 1.165) is 110 Å². The number of ether oxygens (including phenoxy) is 2. The van der Waals surface area contributed by atoms with Crippen molar-refractivity contribution in [3.63, 3.8) is 0 Å². The number of nitrogens with two attached hydrogens (primary N) is 2. The Morgan fingerprint density at radius 3 is 1.28 bits per heavy atom. The summed E-state index contributed by atoms with van der Waals surface area (Å²) in [4.78, 5) is 17.6. The van der Waals surface area contributed by atoms with Gasteiger partial charge in [-0.25, -0.2) is 9.78 Å². The molecule has 0 fully saturated rings. The van der Waals surface area contributed by atoms with Gasteiger partial charge in [0.25, 0.3) is 0 Å². The van der Waals surface area contributed by atoms with Crippen LogP contribution in [0.25, 0.3) is 32.7 Å². The largest absolute Gasteiger partial charge is 0.457 e. The van der Waals surface area contributed by atoms with E-state index >= 15 is 0 Å². The molecular formula is C128H115ClN4O3S. The number of hydrogen-bond donors (Lipinski definition) is 2. The maximum atomic E-state index is 9.95. The van der Waals surface area contributed by atoms with Crippen molar-refractivity contribution in [3.8, 4) is 195 Å². The maximum absolute atomic E-state index is 9.95. The first-order valence-electron chi connectivity index (χ1n) is 43.3. The van der Waals surface area contributed by atoms with E-state index < -0.39 is 5.97 Å². The fourth-order valence-corrected chi connectivity index (χ4v) is 11.5. The number of hydrogen-bond acceptors (Lipinski definition) is 8. The number of terminal acetylenes is 14. The third-order valence-corrected chi connectivity index (χ3v) is 19.1. The molecule has 4 N–H and O–H groups in total. The van der Waals surface area contributed by atoms with Crippen molar-refractivity contribution in [1.29, 1.82) is 0 Å². The second-order valence-electron chi connectivity index (χ2n) is 29.3. The van der Waals surface area contributed by atoms with Crippen molar-refractivity contribution in [3.05, 3.63) is 428 Å². The molecule has 0 saturated heterocycles. The molecule has 0 atom stereocenters. The minimum absolute atomic E-state index is 0.215. The van der Waals surface area contributed by atoms with E-state index in [1.807, 2.05) is 224 Å². The van der Waals surface area contributed by atoms with Gasteiger partial charge in [-0.15, -0.1) is 113 Å². The summed E-state index contributed by atoms with van der Waals surface area (Å²) in [6.07, 6.45) is 83.1. The normalized spacial score (nSPS) is 8.84. The molecule has 3 aromatic heterocycles. The minimum Gasteiger partial charge on any atom is -0.457 e. The highest BCUT2D eigenvalue weighted by molar-refractivity contribution is 7.08. The van der Waals surface area contributed by atoms with E-state index in [1.54, 1.807) is 73.1 Å². The summed E-state index contributed by atoms with van der Waals surface area (Å²) < 4.78 is 9.93. The fraction of sp³-hybridized carbons (Fsp3) is 0.133. The minimum atomic E-state index is -0.595. The SMILES string of the molecule is C#CC(=O)OCC.C#CCCCC.C#CCCCCCl.C#Cc1cc(C)c(C)cc1C.C#Cc1cc2ccccc2c2ccccc12.C#Cc1ccc(-c2ccccc2)cc1.C#Cc1ccc(C(C)(C)C)cc1.C#Cc1ccc(N)cc1.C#Cc1ccc(Oc2ccccc2)cc1.C#Cc1cccc(N)c1.C#Cc1ccccc1.C#Cc1ccccn1.C#Cc1cccnc1.C#Cc1ccsc1. The van der Waals surface area contributed by atoms with Gasteiger partial charge in [-0.2, -0.15) is 11.3 Å². The number of rotatable bonds is 9. The highest BCUT2D eigenvalue weighted by Gasteiger charge is 2.12. The van der Waals surface area contributed by atoms with Crippen LogP contribution in [0.15, 0.2) is 345 Å². The number of para-hydroxylation sites is 1. The number of halogens is 1. The zero-order valence-corrected chi connectivity index (χ0v) is 80.8. The van der Waals surface area contributed by atoms with Crippen LogP contribution < -0.4 is 16.2 Å². The summed E-state index contributed by atoms with van der Waals surface area (Å²) in [5.74, 6) is 36.8. The van der Waals surface area contributed by atoms with E-state index in [1.165, 1.54) is 62.4 Å². The van der Waals surface area contributed by atoms with Gasteiger partial charge in [0, 0.05) is 116 Å². The molecule has 0 unspecified atom stereocenters. The monoisotopic (exact) mass is 1820 g/mol. The average Bonchev–Trinajstić information content (AvgIpc) is 1.07. The Labute approximate surface area is 827 Å². The van der Waals surface area contributed by atoms with Gasteiger partial charge in [-0.1, -0.05) is 257 Å². The lowest BCUT2D eigenvalue weighted by molar-refractivity contribution is -0.136. The predicted octanol–water partition coefficient (Wildman–Crippen LogP) is 28.4. The molecule has 15 aromatic rings. The van der Waals surface area contributed by atoms with E-state index in [9.17, 15) is 4.79 Å². The first-order chi connectivity index (χ1) is 66.4. The molecular weight excluding hydrogens is 1710 g/mol. The number of nitrogens with zero attached hydrogens (tertiary/aromatic N) is 2. The van der Waals surface area contributed by atoms with Gasteiger partial charge in [-0.3, -0.25) is 4.98 Å². The van der Waals surface area contributed by atoms with E-state index in [-0.39, 0.29) is 5.41 Å². The van der Waals surface area contributed by atoms with Crippen LogP contribution in [0.2, 0.25) is 0 Å². The van der Waals surface area contributed by atoms with Gasteiger partial charge < -0.3 is 20.9 Å². The summed E-state index contributed by atoms with van der Waals surface area (Å²) in [5.41, 5.74) is 29.8. The van der Waals surface area contributed by atoms with Gasteiger partial charge in [0.1, 0.15) is 17.2 Å². The lowest BCUT2D eigenvalue weighted by Gasteiger charge is -2.18. The topological polar surface area (TPSA) is 113 Å². The number of anilines is 2. The summed E-state index contributed by atoms with van der Waals surface area (Å²) in [6, 6.07) is 102. The standard InChI is InChI=1S/C16H10.C14H10O.C14H10.C12H14.C11H12.2C8H7N.C8H6.2C7H5N.C6H9Cl.C6H4S.C6H10.C5H6O2/c1-2-12-11-13-7-3-4-9-15(13)16-10-6-5-8-14(12)16;1-2-12-8-10-14(11-9-12)15-13-6-4-3-5-7-13;1-2-12-8-10-14(11-9-12)13-6-4-3-5-7-13;1-5-10-6-8-11(9-7-10)12(2,3)4;1-5-11-7-9(3)8(2)6-10(11)4;1-2-7-3-5-8(9)6-4-7;1-2-7-4-3-5-8(9)6-7;1-2-8-6-4-3-5-7-8;1-2-7-4-3-5-8-6-7;1-2-7-5-3-4-6-8-7;1-2-3-4-5-6-7;1-2-6-3-4-7-5-6;1-3-5-6-4-2;1-3-5(6)7-4-2/h1,3-11H;1,3-11H;1,3-11H;1,6-9H,2-4H3;1,6-7H,2-4H3;2*1,3-6H,9H2;1,3-7H;2*1,3-6H;1H,3-6H2;1,3-5H;1H,4-6H2,2H3;1H,4H2,2H3. The van der Waals surface area contributed by atoms with Crippen LogP contribution >= 0.6 is 22.9 Å². The Hall–Kier alpha value is -17.8. The number of unbranched alkanes of at least 4 members (excludes halogenated alkanes) is 4. The molecule has 12 aromatic carbocycles. The van der Waals surface area contributed by atoms with E-state index in [2.05, 4.69) is 218 Å². The molecule has 0 radical (unpaired) electrons. The number of esters is 1. The number of benzene rings is 12. The lowest BCUT2D eigenvalue weighted by Crippen LogP contribution is -2.10. The van der Waals surface area contributed by atoms with Crippen molar-refractivity contribution in [2.24, 2.45) is 0 Å². The third-order valence-electron chi connectivity index (χ3n) is 18.2. The maximum Gasteiger partial charge on any atom is 0.384 e. The van der Waals surface area contributed by atoms with Crippen molar-refractivity contribution >= 4 is 61.8 Å². The highest BCUT2D eigenvalue weighted by atomic mass is 35.5. The second-order valence-corrected chi connectivity index (χ2v) is 30.5. The molecule has 678 valence electrons. The molecule has 3 heterocycles. The summed E-state index contributed by atoms with van der Waals surface area (Å²) in [5, 5.41) is 8.76. The number of pyridine rings is 2. The highest BCUT2D eigenvalue weighted by Crippen LogP contribution is 2.29. The summed E-state index contributed by atoms with van der Waals surface area (Å²) in [7, 11) is 0. The molecule has 0 aliphatic carbocycles. The smallest absolute Gasteiger partial charge is 0.384 e. The molecule has 137 heavy (non-hydrogen) atoms. The number of aromatic nitrogens is 2. The quantitative estimate of drug-likeness (QED) is 0.0281. The van der Waals surface area contributed by atoms with Gasteiger partial charge >= 0.3 is 5.97 Å². The van der Waals surface area contributed by atoms with Crippen LogP contribution in [0, 0.1) is 194 Å². The molecule has 0 spiro atoms. The van der Waals surface area contributed by atoms with Gasteiger partial charge in [0.2, 0.25) is 0 Å². The van der Waals surface area contributed by atoms with Gasteiger partial charge in [0.05, 0.1) is 6.61 Å². The van der Waals surface area contributed by atoms with Crippen LogP contribution in [0.3, 0.4) is 0 Å². The average molecular weight is 1820 g/mol. The number of nitrogen functional groups attached to an aromatic ring is 2. The van der Waals surface area contributed by atoms with E-state index in [4.69, 9.17) is 111 Å². The molecule has 0 aliphatic heterocycles. The number of alkyl halides is 1. The molecule has 9 heteroatoms. The Balaban J connectivity index is 0.000000504. The number of carbonyl (C=O) groups excluding carboxylic acids is 1. The number of carbonyl (C=O) groups is 1. The van der Waals surface area contributed by atoms with Crippen molar-refractivity contribution < 1.29 is 14.3 Å². The van der Waals surface area contributed by atoms with Gasteiger partial charge in [-0.05, 0) is 270 Å². The third kappa shape index (κ3) is 50.8. The Morgan fingerprint density at radius 1 is 0.387 bits per heavy atom. The van der Waals surface area contributed by atoms with E-state index in [0.29, 0.717) is 18.0 Å². The molecule has 0 amide bonds. The number of aryl methyl sites for hydroxylation is 3. The molecule has 15 rings (SSSR count). The lowest BCUT2D eigenvalue weighted by atomic mass is 9.87. The van der Waals surface area contributed by atoms with Crippen LogP contribution in [0.4, 0.5) is 11.4 Å². The van der Waals surface area contributed by atoms with Crippen LogP contribution in [-0.4, -0.2) is 28.4 Å². The van der Waals surface area contributed by atoms with Gasteiger partial charge in [0.15, 0.2) is 0 Å². The van der Waals surface area contributed by atoms with Crippen molar-refractivity contribution in [2.75, 3.05) is 24.0 Å². The van der Waals surface area contributed by atoms with Crippen molar-refractivity contribution in [2.45, 2.75) is 99.3 Å². The Kier molecular flexibility index (Phi) is 60.5. The number of thiophene rings is 1. The van der Waals surface area contributed by atoms with Crippen LogP contribution in [0.1, 0.15) is 157 Å². The molecule has 0 aliphatic rings. The van der Waals surface area contributed by atoms with Crippen molar-refractivity contribution in [1.82, 2.24) is 9.97 Å². The summed E-state index contributed by atoms with van der Waals surface area (Å²) in [6.45, 7) is 17.0. The second kappa shape index (κ2) is 71.9. The first-order valence-corrected chi connectivity index (χ1v) is 44.7. The number of fused-ring (bicyclic) bond motifs is 3. The van der Waals surface area contributed by atoms with Crippen LogP contribution in [0.5, 0.6) is 11.5 Å². The summed E-state index contributed by atoms with van der Waals surface area (Å²) >= 11 is 6.99.